The van der Waals surface area contributed by atoms with Gasteiger partial charge in [0, 0.05) is 12.6 Å². The minimum Gasteiger partial charge on any atom is -0.480 e. The molecule has 0 saturated heterocycles. The molecule has 0 aromatic carbocycles. The Labute approximate surface area is 103 Å². The number of unbranched alkanes of at least 4 members (excludes halogenated alkanes) is 2. The molecule has 5 heteroatoms. The van der Waals surface area contributed by atoms with E-state index in [0.717, 1.165) is 25.7 Å². The van der Waals surface area contributed by atoms with E-state index >= 15 is 0 Å². The monoisotopic (exact) mass is 244 g/mol. The molecule has 0 aliphatic carbocycles. The van der Waals surface area contributed by atoms with Gasteiger partial charge in [-0.05, 0) is 19.8 Å². The van der Waals surface area contributed by atoms with Crippen LogP contribution in [0.4, 0.5) is 4.79 Å². The van der Waals surface area contributed by atoms with E-state index in [2.05, 4.69) is 12.2 Å². The minimum absolute atomic E-state index is 0.0581. The van der Waals surface area contributed by atoms with E-state index in [4.69, 9.17) is 5.11 Å². The summed E-state index contributed by atoms with van der Waals surface area (Å²) in [5.41, 5.74) is 0. The zero-order valence-electron chi connectivity index (χ0n) is 11.0. The number of carbonyl (C=O) groups excluding carboxylic acids is 1. The van der Waals surface area contributed by atoms with Crippen LogP contribution in [0.5, 0.6) is 0 Å². The van der Waals surface area contributed by atoms with Crippen molar-refractivity contribution in [3.8, 4) is 0 Å². The molecule has 0 aromatic rings. The van der Waals surface area contributed by atoms with Crippen LogP contribution in [0.25, 0.3) is 0 Å². The van der Waals surface area contributed by atoms with Gasteiger partial charge in [-0.3, -0.25) is 4.79 Å². The fourth-order valence-corrected chi connectivity index (χ4v) is 1.47. The van der Waals surface area contributed by atoms with Gasteiger partial charge in [-0.25, -0.2) is 4.79 Å². The predicted molar refractivity (Wildman–Crippen MR) is 67.0 cm³/mol. The van der Waals surface area contributed by atoms with Crippen LogP contribution in [0.1, 0.15) is 46.5 Å². The summed E-state index contributed by atoms with van der Waals surface area (Å²) in [6.07, 6.45) is 3.85. The third-order valence-electron chi connectivity index (χ3n) is 2.75. The predicted octanol–water partition coefficient (Wildman–Crippen LogP) is 2.07. The molecule has 0 rings (SSSR count). The van der Waals surface area contributed by atoms with Gasteiger partial charge in [0.2, 0.25) is 0 Å². The lowest BCUT2D eigenvalue weighted by atomic mass is 10.2. The number of carboxylic acid groups (broad SMARTS) is 1. The van der Waals surface area contributed by atoms with E-state index in [-0.39, 0.29) is 18.6 Å². The average Bonchev–Trinajstić information content (AvgIpc) is 2.30. The molecule has 0 radical (unpaired) electrons. The molecule has 100 valence electrons. The Morgan fingerprint density at radius 3 is 2.41 bits per heavy atom. The van der Waals surface area contributed by atoms with Crippen molar-refractivity contribution in [3.63, 3.8) is 0 Å². The van der Waals surface area contributed by atoms with Crippen molar-refractivity contribution in [1.29, 1.82) is 0 Å². The molecule has 1 unspecified atom stereocenters. The third kappa shape index (κ3) is 6.81. The summed E-state index contributed by atoms with van der Waals surface area (Å²) >= 11 is 0. The molecule has 1 atom stereocenters. The topological polar surface area (TPSA) is 69.6 Å². The summed E-state index contributed by atoms with van der Waals surface area (Å²) in [7, 11) is 0. The molecule has 2 amide bonds. The molecule has 0 saturated carbocycles. The van der Waals surface area contributed by atoms with Gasteiger partial charge >= 0.3 is 12.0 Å². The van der Waals surface area contributed by atoms with Gasteiger partial charge < -0.3 is 15.3 Å². The molecule has 2 N–H and O–H groups in total. The lowest BCUT2D eigenvalue weighted by Crippen LogP contribution is -2.47. The fraction of sp³-hybridized carbons (Fsp3) is 0.833. The van der Waals surface area contributed by atoms with Crippen molar-refractivity contribution < 1.29 is 14.7 Å². The largest absolute Gasteiger partial charge is 0.480 e. The lowest BCUT2D eigenvalue weighted by Gasteiger charge is -2.27. The van der Waals surface area contributed by atoms with E-state index in [0.29, 0.717) is 6.54 Å². The van der Waals surface area contributed by atoms with Gasteiger partial charge in [0.1, 0.15) is 6.54 Å². The second-order valence-electron chi connectivity index (χ2n) is 4.22. The van der Waals surface area contributed by atoms with Gasteiger partial charge in [0.05, 0.1) is 0 Å². The number of rotatable bonds is 8. The van der Waals surface area contributed by atoms with Crippen molar-refractivity contribution >= 4 is 12.0 Å². The molecule has 0 spiro atoms. The van der Waals surface area contributed by atoms with E-state index in [1.165, 1.54) is 4.90 Å². The standard InChI is InChI=1S/C12H24N2O3/c1-4-6-7-8-13-12(17)14(9-11(15)16)10(3)5-2/h10H,4-9H2,1-3H3,(H,13,17)(H,15,16). The van der Waals surface area contributed by atoms with Crippen molar-refractivity contribution in [2.45, 2.75) is 52.5 Å². The van der Waals surface area contributed by atoms with Crippen LogP contribution in [0.15, 0.2) is 0 Å². The first-order valence-electron chi connectivity index (χ1n) is 6.29. The first-order chi connectivity index (χ1) is 8.02. The van der Waals surface area contributed by atoms with Crippen molar-refractivity contribution in [3.05, 3.63) is 0 Å². The van der Waals surface area contributed by atoms with Crippen LogP contribution < -0.4 is 5.32 Å². The number of nitrogens with one attached hydrogen (secondary N) is 1. The zero-order chi connectivity index (χ0) is 13.3. The summed E-state index contributed by atoms with van der Waals surface area (Å²) in [5.74, 6) is -0.978. The maximum absolute atomic E-state index is 11.8. The fourth-order valence-electron chi connectivity index (χ4n) is 1.47. The van der Waals surface area contributed by atoms with E-state index in [1.54, 1.807) is 0 Å². The number of nitrogens with zero attached hydrogens (tertiary/aromatic N) is 1. The van der Waals surface area contributed by atoms with Gasteiger partial charge in [-0.2, -0.15) is 0 Å². The van der Waals surface area contributed by atoms with Crippen LogP contribution in [0, 0.1) is 0 Å². The number of amides is 2. The van der Waals surface area contributed by atoms with Crippen LogP contribution in [0.3, 0.4) is 0 Å². The van der Waals surface area contributed by atoms with Crippen LogP contribution in [-0.2, 0) is 4.79 Å². The molecular formula is C12H24N2O3. The van der Waals surface area contributed by atoms with E-state index < -0.39 is 5.97 Å². The maximum atomic E-state index is 11.8. The van der Waals surface area contributed by atoms with Gasteiger partial charge in [0.15, 0.2) is 0 Å². The Morgan fingerprint density at radius 1 is 1.29 bits per heavy atom. The quantitative estimate of drug-likeness (QED) is 0.642. The second kappa shape index (κ2) is 8.84. The van der Waals surface area contributed by atoms with Gasteiger partial charge in [-0.1, -0.05) is 26.7 Å². The molecule has 0 fully saturated rings. The SMILES string of the molecule is CCCCCNC(=O)N(CC(=O)O)C(C)CC. The lowest BCUT2D eigenvalue weighted by molar-refractivity contribution is -0.138. The Hall–Kier alpha value is -1.26. The number of carbonyl (C=O) groups is 2. The molecule has 0 heterocycles. The zero-order valence-corrected chi connectivity index (χ0v) is 11.0. The Bertz CT molecular complexity index is 244. The molecular weight excluding hydrogens is 220 g/mol. The van der Waals surface area contributed by atoms with Crippen LogP contribution in [-0.4, -0.2) is 41.1 Å². The average molecular weight is 244 g/mol. The van der Waals surface area contributed by atoms with Crippen molar-refractivity contribution in [1.82, 2.24) is 10.2 Å². The maximum Gasteiger partial charge on any atom is 0.323 e. The first-order valence-corrected chi connectivity index (χ1v) is 6.29. The molecule has 0 bridgehead atoms. The van der Waals surface area contributed by atoms with Crippen molar-refractivity contribution in [2.24, 2.45) is 0 Å². The number of carboxylic acids is 1. The number of hydrogen-bond acceptors (Lipinski definition) is 2. The highest BCUT2D eigenvalue weighted by atomic mass is 16.4. The number of hydrogen-bond donors (Lipinski definition) is 2. The van der Waals surface area contributed by atoms with Gasteiger partial charge in [0.25, 0.3) is 0 Å². The van der Waals surface area contributed by atoms with E-state index in [1.807, 2.05) is 13.8 Å². The number of aliphatic carboxylic acids is 1. The van der Waals surface area contributed by atoms with E-state index in [9.17, 15) is 9.59 Å². The summed E-state index contributed by atoms with van der Waals surface area (Å²) in [6.45, 7) is 6.25. The highest BCUT2D eigenvalue weighted by Crippen LogP contribution is 2.03. The Morgan fingerprint density at radius 2 is 1.94 bits per heavy atom. The first kappa shape index (κ1) is 15.7. The summed E-state index contributed by atoms with van der Waals surface area (Å²) < 4.78 is 0. The molecule has 0 aliphatic heterocycles. The Kier molecular flexibility index (Phi) is 8.19. The molecule has 0 aliphatic rings. The molecule has 0 aromatic heterocycles. The smallest absolute Gasteiger partial charge is 0.323 e. The molecule has 5 nitrogen and oxygen atoms in total. The summed E-state index contributed by atoms with van der Waals surface area (Å²) in [4.78, 5) is 23.9. The third-order valence-corrected chi connectivity index (χ3v) is 2.75. The van der Waals surface area contributed by atoms with Crippen LogP contribution in [0.2, 0.25) is 0 Å². The van der Waals surface area contributed by atoms with Crippen LogP contribution >= 0.6 is 0 Å². The highest BCUT2D eigenvalue weighted by molar-refractivity contribution is 5.80. The summed E-state index contributed by atoms with van der Waals surface area (Å²) in [5, 5.41) is 11.5. The normalized spacial score (nSPS) is 11.9. The molecule has 17 heavy (non-hydrogen) atoms. The Balaban J connectivity index is 4.18. The number of urea groups is 1. The second-order valence-corrected chi connectivity index (χ2v) is 4.22. The van der Waals surface area contributed by atoms with Gasteiger partial charge in [-0.15, -0.1) is 0 Å². The summed E-state index contributed by atoms with van der Waals surface area (Å²) in [6, 6.07) is -0.338. The van der Waals surface area contributed by atoms with Crippen molar-refractivity contribution in [2.75, 3.05) is 13.1 Å². The highest BCUT2D eigenvalue weighted by Gasteiger charge is 2.20. The minimum atomic E-state index is -0.978.